The number of amides is 6. The molecule has 58 heavy (non-hydrogen) atoms. The Kier molecular flexibility index (Phi) is 19.6. The molecule has 2 unspecified atom stereocenters. The van der Waals surface area contributed by atoms with Crippen LogP contribution >= 0.6 is 0 Å². The molecule has 1 aliphatic carbocycles. The van der Waals surface area contributed by atoms with Crippen molar-refractivity contribution in [2.24, 2.45) is 17.4 Å². The van der Waals surface area contributed by atoms with Crippen molar-refractivity contribution < 1.29 is 58.7 Å². The summed E-state index contributed by atoms with van der Waals surface area (Å²) >= 11 is 0. The van der Waals surface area contributed by atoms with Gasteiger partial charge in [-0.25, -0.2) is 9.59 Å². The second kappa shape index (κ2) is 24.5. The molecule has 0 bridgehead atoms. The monoisotopic (exact) mass is 808 g/mol. The third kappa shape index (κ3) is 17.0. The number of ether oxygens (including phenoxy) is 2. The van der Waals surface area contributed by atoms with Gasteiger partial charge in [0.2, 0.25) is 23.6 Å². The van der Waals surface area contributed by atoms with E-state index in [2.05, 4.69) is 21.3 Å². The van der Waals surface area contributed by atoms with Crippen molar-refractivity contribution in [3.63, 3.8) is 0 Å². The van der Waals surface area contributed by atoms with Gasteiger partial charge in [-0.05, 0) is 29.0 Å². The first-order valence-corrected chi connectivity index (χ1v) is 18.6. The smallest absolute Gasteiger partial charge is 0.408 e. The maximum Gasteiger partial charge on any atom is 0.408 e. The fourth-order valence-electron chi connectivity index (χ4n) is 5.95. The summed E-state index contributed by atoms with van der Waals surface area (Å²) in [7, 11) is 0. The lowest BCUT2D eigenvalue weighted by Crippen LogP contribution is -2.57. The quantitative estimate of drug-likeness (QED) is 0.0779. The molecule has 18 nitrogen and oxygen atoms in total. The fourth-order valence-corrected chi connectivity index (χ4v) is 5.95. The largest absolute Gasteiger partial charge is 0.445 e. The molecule has 0 aromatic heterocycles. The van der Waals surface area contributed by atoms with Crippen LogP contribution in [0.2, 0.25) is 0 Å². The summed E-state index contributed by atoms with van der Waals surface area (Å²) in [6.45, 7) is 0.0509. The second-order valence-corrected chi connectivity index (χ2v) is 13.6. The molecule has 0 aliphatic heterocycles. The highest BCUT2D eigenvalue weighted by Crippen LogP contribution is 2.27. The van der Waals surface area contributed by atoms with Gasteiger partial charge in [0, 0.05) is 6.42 Å². The predicted molar refractivity (Wildman–Crippen MR) is 207 cm³/mol. The Hall–Kier alpha value is -6.08. The minimum Gasteiger partial charge on any atom is -0.445 e. The zero-order valence-corrected chi connectivity index (χ0v) is 31.8. The first kappa shape index (κ1) is 46.3. The van der Waals surface area contributed by atoms with Crippen LogP contribution in [0.25, 0.3) is 0 Å². The molecule has 0 heterocycles. The van der Waals surface area contributed by atoms with E-state index >= 15 is 0 Å². The summed E-state index contributed by atoms with van der Waals surface area (Å²) in [6, 6.07) is 21.4. The standard InChI is InChI=1S/C20H29N3O6.C20H23N3O6/c2*21-17(24)16(19(26)27)23-18(25)15(11-13-7-3-1-4-8-13)22-20(28)29-12-14-9-5-2-6-10-14/h2,5-6,9-10,13,15-16,19,26-27H,1,3-4,7-8,11-12H2,(H2,21,24)(H,22,28)(H,23,25);1-10,15-16,19,26-27H,11-12H2,(H2,21,24)(H,22,28)(H,23,25)/t2*15-,16?/m00/s1. The van der Waals surface area contributed by atoms with E-state index in [1.807, 2.05) is 24.3 Å². The zero-order valence-electron chi connectivity index (χ0n) is 31.8. The van der Waals surface area contributed by atoms with Gasteiger partial charge >= 0.3 is 12.2 Å². The number of benzene rings is 3. The number of hydrogen-bond acceptors (Lipinski definition) is 12. The summed E-state index contributed by atoms with van der Waals surface area (Å²) in [5, 5.41) is 46.2. The lowest BCUT2D eigenvalue weighted by molar-refractivity contribution is -0.140. The van der Waals surface area contributed by atoms with Crippen molar-refractivity contribution in [1.29, 1.82) is 0 Å². The SMILES string of the molecule is NC(=O)C(NC(=O)[C@H](CC1CCCCC1)NC(=O)OCc1ccccc1)C(O)O.NC(=O)C(NC(=O)[C@H](Cc1ccccc1)NC(=O)OCc1ccccc1)C(O)O. The first-order chi connectivity index (χ1) is 27.7. The Labute approximate surface area is 335 Å². The summed E-state index contributed by atoms with van der Waals surface area (Å²) in [5.74, 6) is -3.51. The molecule has 4 rings (SSSR count). The molecule has 1 aliphatic rings. The van der Waals surface area contributed by atoms with Crippen molar-refractivity contribution in [3.05, 3.63) is 108 Å². The molecule has 1 saturated carbocycles. The summed E-state index contributed by atoms with van der Waals surface area (Å²) < 4.78 is 10.3. The number of aliphatic hydroxyl groups is 4. The molecule has 3 aromatic carbocycles. The van der Waals surface area contributed by atoms with Crippen LogP contribution in [-0.2, 0) is 48.3 Å². The number of carbonyl (C=O) groups is 6. The Bertz CT molecular complexity index is 1740. The normalized spacial score (nSPS) is 14.7. The molecule has 4 atom stereocenters. The molecule has 3 aromatic rings. The molecular weight excluding hydrogens is 756 g/mol. The van der Waals surface area contributed by atoms with Crippen molar-refractivity contribution in [2.75, 3.05) is 0 Å². The van der Waals surface area contributed by atoms with E-state index in [0.717, 1.165) is 48.8 Å². The van der Waals surface area contributed by atoms with E-state index in [1.165, 1.54) is 0 Å². The maximum absolute atomic E-state index is 12.6. The average Bonchev–Trinajstić information content (AvgIpc) is 3.21. The molecule has 1 fully saturated rings. The second-order valence-electron chi connectivity index (χ2n) is 13.6. The van der Waals surface area contributed by atoms with Crippen molar-refractivity contribution >= 4 is 35.8 Å². The number of aliphatic hydroxyl groups excluding tert-OH is 2. The number of alkyl carbamates (subject to hydrolysis) is 2. The molecule has 0 radical (unpaired) electrons. The Morgan fingerprint density at radius 2 is 0.931 bits per heavy atom. The molecule has 6 amide bonds. The zero-order chi connectivity index (χ0) is 42.5. The minimum absolute atomic E-state index is 0.00557. The van der Waals surface area contributed by atoms with Crippen LogP contribution in [0, 0.1) is 5.92 Å². The molecule has 18 heteroatoms. The van der Waals surface area contributed by atoms with Crippen LogP contribution in [0.3, 0.4) is 0 Å². The molecular formula is C40H52N6O12. The number of rotatable bonds is 18. The number of carbonyl (C=O) groups excluding carboxylic acids is 6. The van der Waals surface area contributed by atoms with Crippen LogP contribution in [0.5, 0.6) is 0 Å². The maximum atomic E-state index is 12.6. The lowest BCUT2D eigenvalue weighted by Gasteiger charge is -2.27. The Morgan fingerprint density at radius 1 is 0.552 bits per heavy atom. The van der Waals surface area contributed by atoms with Gasteiger partial charge in [0.15, 0.2) is 24.7 Å². The fraction of sp³-hybridized carbons (Fsp3) is 0.400. The van der Waals surface area contributed by atoms with E-state index in [1.54, 1.807) is 66.7 Å². The van der Waals surface area contributed by atoms with Gasteiger partial charge in [0.1, 0.15) is 25.3 Å². The van der Waals surface area contributed by atoms with Crippen molar-refractivity contribution in [2.45, 2.75) is 94.9 Å². The number of nitrogens with two attached hydrogens (primary N) is 2. The van der Waals surface area contributed by atoms with E-state index < -0.39 is 72.6 Å². The van der Waals surface area contributed by atoms with E-state index in [4.69, 9.17) is 20.9 Å². The highest BCUT2D eigenvalue weighted by atomic mass is 16.6. The molecule has 314 valence electrons. The summed E-state index contributed by atoms with van der Waals surface area (Å²) in [6.07, 6.45) is -0.378. The summed E-state index contributed by atoms with van der Waals surface area (Å²) in [5.41, 5.74) is 12.5. The minimum atomic E-state index is -2.18. The molecule has 12 N–H and O–H groups in total. The number of nitrogens with one attached hydrogen (secondary N) is 4. The number of hydrogen-bond donors (Lipinski definition) is 10. The van der Waals surface area contributed by atoms with Crippen LogP contribution in [0.4, 0.5) is 9.59 Å². The van der Waals surface area contributed by atoms with Crippen LogP contribution in [0.15, 0.2) is 91.0 Å². The van der Waals surface area contributed by atoms with Gasteiger partial charge in [-0.1, -0.05) is 123 Å². The highest BCUT2D eigenvalue weighted by molar-refractivity contribution is 5.92. The lowest BCUT2D eigenvalue weighted by atomic mass is 9.84. The van der Waals surface area contributed by atoms with E-state index in [-0.39, 0.29) is 25.6 Å². The topological polar surface area (TPSA) is 302 Å². The third-order valence-corrected chi connectivity index (χ3v) is 9.02. The molecule has 0 spiro atoms. The van der Waals surface area contributed by atoms with Crippen molar-refractivity contribution in [3.8, 4) is 0 Å². The third-order valence-electron chi connectivity index (χ3n) is 9.02. The van der Waals surface area contributed by atoms with Gasteiger partial charge in [-0.2, -0.15) is 0 Å². The van der Waals surface area contributed by atoms with Crippen LogP contribution < -0.4 is 32.7 Å². The Balaban J connectivity index is 0.000000310. The van der Waals surface area contributed by atoms with Gasteiger partial charge in [-0.3, -0.25) is 19.2 Å². The summed E-state index contributed by atoms with van der Waals surface area (Å²) in [4.78, 5) is 72.3. The van der Waals surface area contributed by atoms with Gasteiger partial charge in [0.25, 0.3) is 0 Å². The average molecular weight is 809 g/mol. The van der Waals surface area contributed by atoms with Crippen LogP contribution in [0.1, 0.15) is 55.2 Å². The van der Waals surface area contributed by atoms with Gasteiger partial charge in [-0.15, -0.1) is 0 Å². The van der Waals surface area contributed by atoms with E-state index in [9.17, 15) is 49.2 Å². The highest BCUT2D eigenvalue weighted by Gasteiger charge is 2.32. The van der Waals surface area contributed by atoms with Gasteiger partial charge < -0.3 is 62.6 Å². The number of primary amides is 2. The van der Waals surface area contributed by atoms with Crippen LogP contribution in [-0.4, -0.2) is 93.0 Å². The molecule has 0 saturated heterocycles. The Morgan fingerprint density at radius 3 is 1.33 bits per heavy atom. The van der Waals surface area contributed by atoms with Gasteiger partial charge in [0.05, 0.1) is 0 Å². The van der Waals surface area contributed by atoms with E-state index in [0.29, 0.717) is 6.42 Å². The van der Waals surface area contributed by atoms with Crippen molar-refractivity contribution in [1.82, 2.24) is 21.3 Å². The first-order valence-electron chi connectivity index (χ1n) is 18.6. The predicted octanol–water partition coefficient (Wildman–Crippen LogP) is 0.338.